The van der Waals surface area contributed by atoms with Crippen LogP contribution in [0, 0.1) is 0 Å². The molecule has 2 aromatic heterocycles. The van der Waals surface area contributed by atoms with Gasteiger partial charge in [0, 0.05) is 26.8 Å². The summed E-state index contributed by atoms with van der Waals surface area (Å²) in [6.07, 6.45) is 2.00. The quantitative estimate of drug-likeness (QED) is 0.193. The Hall–Kier alpha value is -5.51. The summed E-state index contributed by atoms with van der Waals surface area (Å²) in [6.45, 7) is 0. The number of aromatic nitrogens is 1. The molecule has 44 heavy (non-hydrogen) atoms. The molecule has 9 aromatic rings. The molecule has 2 heterocycles. The van der Waals surface area contributed by atoms with Gasteiger partial charge < -0.3 is 4.90 Å². The number of hydrogen-bond acceptors (Lipinski definition) is 3. The summed E-state index contributed by atoms with van der Waals surface area (Å²) >= 11 is 1.75. The predicted octanol–water partition coefficient (Wildman–Crippen LogP) is 12.0. The van der Waals surface area contributed by atoms with Crippen LogP contribution in [-0.4, -0.2) is 4.98 Å². The van der Waals surface area contributed by atoms with Crippen molar-refractivity contribution in [3.05, 3.63) is 158 Å². The standard InChI is InChI=1S/C41H26N2S/c1-2-11-29(12-3-1)43(31-24-39-36-16-8-9-17-40(36)44-41(39)42-26-31)30-21-18-28(19-22-30)37-25-38-32-13-5-4-10-27(32)20-23-35(38)33-14-6-7-15-34(33)37/h1-26H. The van der Waals surface area contributed by atoms with E-state index in [4.69, 9.17) is 4.98 Å². The van der Waals surface area contributed by atoms with E-state index in [9.17, 15) is 0 Å². The van der Waals surface area contributed by atoms with Gasteiger partial charge in [-0.1, -0.05) is 109 Å². The van der Waals surface area contributed by atoms with Gasteiger partial charge in [-0.05, 0) is 85.9 Å². The number of rotatable bonds is 4. The highest BCUT2D eigenvalue weighted by molar-refractivity contribution is 7.25. The zero-order valence-corrected chi connectivity index (χ0v) is 24.6. The van der Waals surface area contributed by atoms with Crippen LogP contribution in [0.25, 0.3) is 63.7 Å². The minimum absolute atomic E-state index is 1.04. The second-order valence-corrected chi connectivity index (χ2v) is 12.2. The van der Waals surface area contributed by atoms with Gasteiger partial charge in [0.05, 0.1) is 11.9 Å². The first kappa shape index (κ1) is 25.0. The van der Waals surface area contributed by atoms with Gasteiger partial charge in [-0.2, -0.15) is 0 Å². The highest BCUT2D eigenvalue weighted by Gasteiger charge is 2.16. The molecule has 0 atom stereocenters. The van der Waals surface area contributed by atoms with E-state index >= 15 is 0 Å². The van der Waals surface area contributed by atoms with Gasteiger partial charge in [0.1, 0.15) is 4.83 Å². The lowest BCUT2D eigenvalue weighted by Gasteiger charge is -2.25. The summed E-state index contributed by atoms with van der Waals surface area (Å²) in [6, 6.07) is 54.7. The third kappa shape index (κ3) is 3.98. The molecule has 7 aromatic carbocycles. The number of pyridine rings is 1. The van der Waals surface area contributed by atoms with Crippen molar-refractivity contribution >= 4 is 81.0 Å². The van der Waals surface area contributed by atoms with Crippen LogP contribution in [0.3, 0.4) is 0 Å². The predicted molar refractivity (Wildman–Crippen MR) is 190 cm³/mol. The smallest absolute Gasteiger partial charge is 0.124 e. The molecule has 0 amide bonds. The third-order valence-corrected chi connectivity index (χ3v) is 9.79. The molecule has 9 rings (SSSR count). The van der Waals surface area contributed by atoms with Gasteiger partial charge in [-0.25, -0.2) is 4.98 Å². The molecule has 0 fully saturated rings. The second kappa shape index (κ2) is 10.0. The Morgan fingerprint density at radius 1 is 0.432 bits per heavy atom. The molecule has 0 N–H and O–H groups in total. The number of para-hydroxylation sites is 1. The fraction of sp³-hybridized carbons (Fsp3) is 0. The van der Waals surface area contributed by atoms with Crippen molar-refractivity contribution in [2.24, 2.45) is 0 Å². The molecule has 0 aliphatic heterocycles. The summed E-state index contributed by atoms with van der Waals surface area (Å²) in [4.78, 5) is 8.28. The van der Waals surface area contributed by atoms with E-state index in [1.807, 2.05) is 6.20 Å². The van der Waals surface area contributed by atoms with Crippen LogP contribution in [0.2, 0.25) is 0 Å². The molecule has 0 saturated carbocycles. The lowest BCUT2D eigenvalue weighted by atomic mass is 9.91. The van der Waals surface area contributed by atoms with Gasteiger partial charge >= 0.3 is 0 Å². The molecule has 0 unspecified atom stereocenters. The van der Waals surface area contributed by atoms with E-state index in [2.05, 4.69) is 157 Å². The Bertz CT molecular complexity index is 2490. The highest BCUT2D eigenvalue weighted by Crippen LogP contribution is 2.41. The van der Waals surface area contributed by atoms with Crippen LogP contribution >= 0.6 is 11.3 Å². The molecule has 3 heteroatoms. The number of thiophene rings is 1. The van der Waals surface area contributed by atoms with Crippen molar-refractivity contribution in [2.45, 2.75) is 0 Å². The van der Waals surface area contributed by atoms with Crippen LogP contribution in [-0.2, 0) is 0 Å². The molecule has 206 valence electrons. The summed E-state index contributed by atoms with van der Waals surface area (Å²) in [5, 5.41) is 10.1. The summed E-state index contributed by atoms with van der Waals surface area (Å²) in [7, 11) is 0. The van der Waals surface area contributed by atoms with E-state index in [0.29, 0.717) is 0 Å². The van der Waals surface area contributed by atoms with Crippen molar-refractivity contribution in [3.63, 3.8) is 0 Å². The first-order valence-electron chi connectivity index (χ1n) is 14.9. The van der Waals surface area contributed by atoms with Gasteiger partial charge in [0.25, 0.3) is 0 Å². The largest absolute Gasteiger partial charge is 0.309 e. The van der Waals surface area contributed by atoms with E-state index in [1.165, 1.54) is 58.9 Å². The molecule has 0 bridgehead atoms. The van der Waals surface area contributed by atoms with Gasteiger partial charge in [-0.15, -0.1) is 11.3 Å². The highest BCUT2D eigenvalue weighted by atomic mass is 32.1. The zero-order valence-electron chi connectivity index (χ0n) is 23.8. The third-order valence-electron chi connectivity index (χ3n) is 8.70. The van der Waals surface area contributed by atoms with Gasteiger partial charge in [-0.3, -0.25) is 0 Å². The average Bonchev–Trinajstić information content (AvgIpc) is 3.47. The first-order valence-corrected chi connectivity index (χ1v) is 15.7. The van der Waals surface area contributed by atoms with Crippen LogP contribution in [0.15, 0.2) is 158 Å². The molecule has 2 nitrogen and oxygen atoms in total. The summed E-state index contributed by atoms with van der Waals surface area (Å²) in [5.74, 6) is 0. The molecule has 0 aliphatic rings. The fourth-order valence-electron chi connectivity index (χ4n) is 6.63. The molecular weight excluding hydrogens is 553 g/mol. The molecular formula is C41H26N2S. The Balaban J connectivity index is 1.21. The van der Waals surface area contributed by atoms with E-state index in [-0.39, 0.29) is 0 Å². The molecule has 0 spiro atoms. The Morgan fingerprint density at radius 3 is 1.93 bits per heavy atom. The van der Waals surface area contributed by atoms with Crippen molar-refractivity contribution in [1.29, 1.82) is 0 Å². The summed E-state index contributed by atoms with van der Waals surface area (Å²) in [5.41, 5.74) is 5.68. The van der Waals surface area contributed by atoms with Crippen LogP contribution in [0.1, 0.15) is 0 Å². The van der Waals surface area contributed by atoms with Crippen molar-refractivity contribution in [2.75, 3.05) is 4.90 Å². The Kier molecular flexibility index (Phi) is 5.71. The van der Waals surface area contributed by atoms with Gasteiger partial charge in [0.15, 0.2) is 0 Å². The number of hydrogen-bond donors (Lipinski definition) is 0. The molecule has 0 saturated heterocycles. The number of nitrogens with zero attached hydrogens (tertiary/aromatic N) is 2. The van der Waals surface area contributed by atoms with Crippen molar-refractivity contribution < 1.29 is 0 Å². The number of anilines is 3. The minimum atomic E-state index is 1.04. The molecule has 0 aliphatic carbocycles. The van der Waals surface area contributed by atoms with E-state index < -0.39 is 0 Å². The average molecular weight is 579 g/mol. The lowest BCUT2D eigenvalue weighted by molar-refractivity contribution is 1.26. The summed E-state index contributed by atoms with van der Waals surface area (Å²) < 4.78 is 1.26. The van der Waals surface area contributed by atoms with Crippen LogP contribution in [0.5, 0.6) is 0 Å². The van der Waals surface area contributed by atoms with Crippen LogP contribution < -0.4 is 4.90 Å². The maximum atomic E-state index is 4.92. The maximum Gasteiger partial charge on any atom is 0.124 e. The minimum Gasteiger partial charge on any atom is -0.309 e. The van der Waals surface area contributed by atoms with Crippen LogP contribution in [0.4, 0.5) is 17.1 Å². The Morgan fingerprint density at radius 2 is 1.09 bits per heavy atom. The van der Waals surface area contributed by atoms with E-state index in [0.717, 1.165) is 21.9 Å². The second-order valence-electron chi connectivity index (χ2n) is 11.2. The SMILES string of the molecule is c1ccc(N(c2ccc(-c3cc4c5ccccc5ccc4c4ccccc34)cc2)c2cnc3sc4ccccc4c3c2)cc1. The fourth-order valence-corrected chi connectivity index (χ4v) is 7.66. The number of benzene rings is 7. The van der Waals surface area contributed by atoms with Gasteiger partial charge in [0.2, 0.25) is 0 Å². The monoisotopic (exact) mass is 578 g/mol. The zero-order chi connectivity index (χ0) is 29.0. The van der Waals surface area contributed by atoms with E-state index in [1.54, 1.807) is 11.3 Å². The van der Waals surface area contributed by atoms with Crippen molar-refractivity contribution in [3.8, 4) is 11.1 Å². The van der Waals surface area contributed by atoms with Crippen molar-refractivity contribution in [1.82, 2.24) is 4.98 Å². The molecule has 0 radical (unpaired) electrons. The lowest BCUT2D eigenvalue weighted by Crippen LogP contribution is -2.10. The number of fused-ring (bicyclic) bond motifs is 8. The normalized spacial score (nSPS) is 11.6. The maximum absolute atomic E-state index is 4.92. The Labute approximate surface area is 259 Å². The topological polar surface area (TPSA) is 16.1 Å². The first-order chi connectivity index (χ1) is 21.8.